The van der Waals surface area contributed by atoms with Crippen LogP contribution in [0.2, 0.25) is 0 Å². The van der Waals surface area contributed by atoms with E-state index in [1.165, 1.54) is 39.0 Å². The number of carbonyl (C=O) groups excluding carboxylic acids is 2. The maximum atomic E-state index is 11.7. The zero-order valence-corrected chi connectivity index (χ0v) is 11.7. The van der Waals surface area contributed by atoms with E-state index in [1.807, 2.05) is 0 Å². The van der Waals surface area contributed by atoms with Crippen LogP contribution in [0.5, 0.6) is 0 Å². The number of esters is 1. The van der Waals surface area contributed by atoms with Gasteiger partial charge in [-0.1, -0.05) is 0 Å². The van der Waals surface area contributed by atoms with Crippen LogP contribution in [-0.2, 0) is 27.6 Å². The molecule has 0 fully saturated rings. The van der Waals surface area contributed by atoms with Gasteiger partial charge in [-0.25, -0.2) is 9.56 Å². The normalized spacial score (nSPS) is 21.1. The number of amides is 1. The molecule has 0 saturated heterocycles. The molecule has 0 bridgehead atoms. The van der Waals surface area contributed by atoms with Crippen LogP contribution in [-0.4, -0.2) is 65.7 Å². The molecule has 102 valence electrons. The third-order valence-electron chi connectivity index (χ3n) is 2.39. The minimum Gasteiger partial charge on any atom is -0.437 e. The monoisotopic (exact) mass is 276 g/mol. The van der Waals surface area contributed by atoms with Crippen LogP contribution in [0.3, 0.4) is 0 Å². The van der Waals surface area contributed by atoms with Crippen molar-refractivity contribution in [2.75, 3.05) is 27.9 Å². The number of carbonyl (C=O) groups is 2. The van der Waals surface area contributed by atoms with Crippen molar-refractivity contribution in [3.63, 3.8) is 0 Å². The largest absolute Gasteiger partial charge is 0.602 e. The van der Waals surface area contributed by atoms with Gasteiger partial charge in [0.25, 0.3) is 0 Å². The number of nitrogens with zero attached hydrogens (tertiary/aromatic N) is 2. The summed E-state index contributed by atoms with van der Waals surface area (Å²) in [6.45, 7) is 1.44. The lowest BCUT2D eigenvalue weighted by molar-refractivity contribution is -0.163. The Morgan fingerprint density at radius 2 is 1.94 bits per heavy atom. The molecule has 1 aliphatic heterocycles. The van der Waals surface area contributed by atoms with Crippen LogP contribution in [0.15, 0.2) is 4.99 Å². The second-order valence-electron chi connectivity index (χ2n) is 3.40. The van der Waals surface area contributed by atoms with Gasteiger partial charge in [-0.15, -0.1) is 0 Å². The summed E-state index contributed by atoms with van der Waals surface area (Å²) in [5.74, 6) is -1.19. The highest BCUT2D eigenvalue weighted by Crippen LogP contribution is 2.20. The third-order valence-corrected chi connectivity index (χ3v) is 5.06. The highest BCUT2D eigenvalue weighted by atomic mass is 28.4. The van der Waals surface area contributed by atoms with E-state index in [0.29, 0.717) is 0 Å². The first-order chi connectivity index (χ1) is 8.50. The van der Waals surface area contributed by atoms with Crippen molar-refractivity contribution < 1.29 is 27.6 Å². The van der Waals surface area contributed by atoms with E-state index < -0.39 is 27.1 Å². The fourth-order valence-electron chi connectivity index (χ4n) is 1.64. The minimum atomic E-state index is -3.24. The summed E-state index contributed by atoms with van der Waals surface area (Å²) in [7, 11) is 0.965. The Labute approximate surface area is 106 Å². The number of hydrogen-bond acceptors (Lipinski definition) is 7. The molecule has 0 radical (unpaired) electrons. The van der Waals surface area contributed by atoms with Gasteiger partial charge in [0.15, 0.2) is 0 Å². The van der Waals surface area contributed by atoms with Crippen molar-refractivity contribution in [2.24, 2.45) is 4.99 Å². The molecule has 1 unspecified atom stereocenters. The fourth-order valence-corrected chi connectivity index (χ4v) is 3.60. The Hall–Kier alpha value is -1.13. The fraction of sp³-hybridized carbons (Fsp3) is 0.667. The molecular weight excluding hydrogens is 260 g/mol. The molecule has 1 aliphatic rings. The Bertz CT molecular complexity index is 349. The van der Waals surface area contributed by atoms with E-state index >= 15 is 0 Å². The predicted octanol–water partition coefficient (Wildman–Crippen LogP) is -0.837. The highest BCUT2D eigenvalue weighted by molar-refractivity contribution is 6.58. The summed E-state index contributed by atoms with van der Waals surface area (Å²) in [5, 5.41) is 0. The van der Waals surface area contributed by atoms with Crippen molar-refractivity contribution in [3.8, 4) is 0 Å². The van der Waals surface area contributed by atoms with Gasteiger partial charge >= 0.3 is 20.8 Å². The molecule has 0 aromatic carbocycles. The first-order valence-electron chi connectivity index (χ1n) is 5.16. The van der Waals surface area contributed by atoms with Crippen molar-refractivity contribution in [1.82, 2.24) is 4.57 Å². The Morgan fingerprint density at radius 1 is 1.39 bits per heavy atom. The number of aliphatic imine (C=N–C) groups is 1. The average Bonchev–Trinajstić information content (AvgIpc) is 2.35. The molecule has 0 aliphatic carbocycles. The lowest BCUT2D eigenvalue weighted by Gasteiger charge is -2.38. The first kappa shape index (κ1) is 14.9. The van der Waals surface area contributed by atoms with Crippen LogP contribution in [0, 0.1) is 0 Å². The van der Waals surface area contributed by atoms with Gasteiger partial charge in [-0.3, -0.25) is 9.59 Å². The van der Waals surface area contributed by atoms with E-state index in [-0.39, 0.29) is 6.54 Å². The molecule has 8 nitrogen and oxygen atoms in total. The van der Waals surface area contributed by atoms with Crippen molar-refractivity contribution >= 4 is 27.1 Å². The van der Waals surface area contributed by atoms with E-state index in [2.05, 4.69) is 4.99 Å². The first-order valence-corrected chi connectivity index (χ1v) is 6.83. The van der Waals surface area contributed by atoms with Gasteiger partial charge in [0, 0.05) is 41.0 Å². The molecule has 1 heterocycles. The summed E-state index contributed by atoms with van der Waals surface area (Å²) < 4.78 is 22.1. The van der Waals surface area contributed by atoms with Crippen LogP contribution >= 0.6 is 0 Å². The van der Waals surface area contributed by atoms with Crippen LogP contribution in [0.1, 0.15) is 6.92 Å². The molecule has 18 heavy (non-hydrogen) atoms. The molecule has 0 aromatic rings. The summed E-state index contributed by atoms with van der Waals surface area (Å²) in [6, 6.07) is 0. The number of ether oxygens (including phenoxy) is 1. The number of rotatable bonds is 5. The van der Waals surface area contributed by atoms with Crippen LogP contribution < -0.4 is 0 Å². The van der Waals surface area contributed by atoms with Gasteiger partial charge in [-0.2, -0.15) is 0 Å². The molecule has 1 rings (SSSR count). The maximum Gasteiger partial charge on any atom is 0.602 e. The third kappa shape index (κ3) is 2.82. The van der Waals surface area contributed by atoms with Gasteiger partial charge in [-0.05, 0) is 0 Å². The molecule has 0 spiro atoms. The van der Waals surface area contributed by atoms with Crippen molar-refractivity contribution in [3.05, 3.63) is 0 Å². The number of hydrogen-bond donors (Lipinski definition) is 0. The van der Waals surface area contributed by atoms with E-state index in [0.717, 1.165) is 0 Å². The smallest absolute Gasteiger partial charge is 0.437 e. The minimum absolute atomic E-state index is 0.228. The van der Waals surface area contributed by atoms with E-state index in [1.54, 1.807) is 0 Å². The molecule has 1 atom stereocenters. The molecule has 0 saturated carbocycles. The quantitative estimate of drug-likeness (QED) is 0.478. The zero-order valence-electron chi connectivity index (χ0n) is 10.7. The van der Waals surface area contributed by atoms with Crippen molar-refractivity contribution in [1.29, 1.82) is 0 Å². The second-order valence-corrected chi connectivity index (χ2v) is 6.25. The summed E-state index contributed by atoms with van der Waals surface area (Å²) >= 11 is 0. The van der Waals surface area contributed by atoms with E-state index in [4.69, 9.17) is 18.0 Å². The predicted molar refractivity (Wildman–Crippen MR) is 62.5 cm³/mol. The van der Waals surface area contributed by atoms with E-state index in [9.17, 15) is 9.59 Å². The van der Waals surface area contributed by atoms with Gasteiger partial charge in [0.2, 0.25) is 6.23 Å². The molecular formula is C9H16N2O6Si. The molecule has 9 heteroatoms. The van der Waals surface area contributed by atoms with Crippen molar-refractivity contribution in [2.45, 2.75) is 13.2 Å². The lowest BCUT2D eigenvalue weighted by atomic mass is 10.4. The lowest BCUT2D eigenvalue weighted by Crippen LogP contribution is -2.66. The van der Waals surface area contributed by atoms with Gasteiger partial charge in [0.05, 0.1) is 0 Å². The SMILES string of the molecule is CO[Si](OC)(OC)N1CC=NC(=O)C1OC(C)=O. The molecule has 1 amide bonds. The summed E-state index contributed by atoms with van der Waals surface area (Å²) in [5.41, 5.74) is 0. The maximum absolute atomic E-state index is 11.7. The van der Waals surface area contributed by atoms with Crippen LogP contribution in [0.25, 0.3) is 0 Å². The standard InChI is InChI=1S/C9H16N2O6Si/c1-7(12)17-9-8(13)10-5-6-11(9)18(14-2,15-3)16-4/h5,9H,6H2,1-4H3. The topological polar surface area (TPSA) is 86.7 Å². The Balaban J connectivity index is 3.05. The molecule has 0 N–H and O–H groups in total. The zero-order chi connectivity index (χ0) is 13.8. The molecule has 0 aromatic heterocycles. The van der Waals surface area contributed by atoms with Gasteiger partial charge < -0.3 is 18.0 Å². The summed E-state index contributed by atoms with van der Waals surface area (Å²) in [4.78, 5) is 26.3. The highest BCUT2D eigenvalue weighted by Gasteiger charge is 2.53. The van der Waals surface area contributed by atoms with Gasteiger partial charge in [0.1, 0.15) is 0 Å². The second kappa shape index (κ2) is 6.16. The summed E-state index contributed by atoms with van der Waals surface area (Å²) in [6.07, 6.45) is 0.209. The Morgan fingerprint density at radius 3 is 2.39 bits per heavy atom. The van der Waals surface area contributed by atoms with Crippen LogP contribution in [0.4, 0.5) is 0 Å². The Kier molecular flexibility index (Phi) is 5.11. The average molecular weight is 276 g/mol.